The van der Waals surface area contributed by atoms with Gasteiger partial charge in [0.15, 0.2) is 11.6 Å². The predicted octanol–water partition coefficient (Wildman–Crippen LogP) is 3.63. The van der Waals surface area contributed by atoms with Gasteiger partial charge in [0.25, 0.3) is 0 Å². The van der Waals surface area contributed by atoms with Gasteiger partial charge in [-0.1, -0.05) is 6.08 Å². The number of hydrogen-bond acceptors (Lipinski definition) is 6. The number of hydrogen-bond donors (Lipinski definition) is 3. The predicted molar refractivity (Wildman–Crippen MR) is 121 cm³/mol. The summed E-state index contributed by atoms with van der Waals surface area (Å²) in [7, 11) is -3.31. The van der Waals surface area contributed by atoms with Crippen molar-refractivity contribution in [3.05, 3.63) is 66.1 Å². The van der Waals surface area contributed by atoms with Crippen LogP contribution in [0.3, 0.4) is 0 Å². The minimum Gasteiger partial charge on any atom is -0.339 e. The van der Waals surface area contributed by atoms with Gasteiger partial charge in [-0.15, -0.1) is 0 Å². The first-order chi connectivity index (χ1) is 14.2. The second-order valence-corrected chi connectivity index (χ2v) is 8.43. The molecule has 10 heteroatoms. The summed E-state index contributed by atoms with van der Waals surface area (Å²) < 4.78 is 26.8. The van der Waals surface area contributed by atoms with Crippen LogP contribution in [0.5, 0.6) is 0 Å². The van der Waals surface area contributed by atoms with Gasteiger partial charge in [-0.05, 0) is 62.0 Å². The van der Waals surface area contributed by atoms with Crippen molar-refractivity contribution in [1.29, 1.82) is 0 Å². The summed E-state index contributed by atoms with van der Waals surface area (Å²) in [5.74, 6) is 1.25. The smallest absolute Gasteiger partial charge is 0.229 e. The summed E-state index contributed by atoms with van der Waals surface area (Å²) in [6.45, 7) is 7.42. The molecule has 0 aliphatic rings. The fourth-order valence-corrected chi connectivity index (χ4v) is 3.26. The maximum atomic E-state index is 11.4. The van der Waals surface area contributed by atoms with E-state index >= 15 is 0 Å². The van der Waals surface area contributed by atoms with Crippen LogP contribution in [0.15, 0.2) is 59.9 Å². The highest BCUT2D eigenvalue weighted by atomic mass is 32.2. The Labute approximate surface area is 175 Å². The summed E-state index contributed by atoms with van der Waals surface area (Å²) in [6.07, 6.45) is 8.31. The number of H-pyrrole nitrogens is 1. The van der Waals surface area contributed by atoms with E-state index in [1.54, 1.807) is 35.3 Å². The summed E-state index contributed by atoms with van der Waals surface area (Å²) in [6, 6.07) is 8.95. The van der Waals surface area contributed by atoms with Crippen molar-refractivity contribution < 1.29 is 8.42 Å². The summed E-state index contributed by atoms with van der Waals surface area (Å²) >= 11 is 0. The Bertz CT molecular complexity index is 1210. The standard InChI is InChI=1S/C20H23N7O2S/c1-14(6-9-20(21-3)27-11-5-10-22-27)18-13-19(25-24-18)23-17-8-7-16(12-15(17)2)26-30(4,28)29/h5-13,26H,3H2,1-2,4H3,(H2,23,24,25)/b14-6+,20-9+. The van der Waals surface area contributed by atoms with Crippen LogP contribution < -0.4 is 10.0 Å². The minimum atomic E-state index is -3.31. The third kappa shape index (κ3) is 5.45. The van der Waals surface area contributed by atoms with Crippen molar-refractivity contribution in [3.8, 4) is 0 Å². The number of rotatable bonds is 8. The van der Waals surface area contributed by atoms with Crippen LogP contribution in [0.25, 0.3) is 11.4 Å². The molecule has 1 aromatic carbocycles. The van der Waals surface area contributed by atoms with Gasteiger partial charge >= 0.3 is 0 Å². The Hall–Kier alpha value is -3.66. The summed E-state index contributed by atoms with van der Waals surface area (Å²) in [5, 5.41) is 14.7. The van der Waals surface area contributed by atoms with Crippen LogP contribution in [0.4, 0.5) is 17.2 Å². The van der Waals surface area contributed by atoms with Crippen molar-refractivity contribution >= 4 is 45.3 Å². The molecule has 0 saturated carbocycles. The topological polar surface area (TPSA) is 117 Å². The van der Waals surface area contributed by atoms with Crippen LogP contribution in [0.1, 0.15) is 18.2 Å². The Balaban J connectivity index is 1.74. The third-order valence-electron chi connectivity index (χ3n) is 4.18. The van der Waals surface area contributed by atoms with Gasteiger partial charge in [-0.3, -0.25) is 9.82 Å². The molecule has 0 aliphatic heterocycles. The lowest BCUT2D eigenvalue weighted by Crippen LogP contribution is -2.09. The number of aromatic nitrogens is 4. The molecule has 0 fully saturated rings. The lowest BCUT2D eigenvalue weighted by molar-refractivity contribution is 0.607. The highest BCUT2D eigenvalue weighted by molar-refractivity contribution is 7.92. The van der Waals surface area contributed by atoms with E-state index < -0.39 is 10.0 Å². The quantitative estimate of drug-likeness (QED) is 0.376. The number of aliphatic imine (C=N–C) groups is 1. The molecular formula is C20H23N7O2S. The van der Waals surface area contributed by atoms with Gasteiger partial charge in [0.1, 0.15) is 0 Å². The van der Waals surface area contributed by atoms with Crippen LogP contribution in [-0.4, -0.2) is 41.4 Å². The van der Waals surface area contributed by atoms with Crippen LogP contribution in [-0.2, 0) is 10.0 Å². The zero-order valence-electron chi connectivity index (χ0n) is 16.9. The van der Waals surface area contributed by atoms with Gasteiger partial charge in [0, 0.05) is 29.8 Å². The monoisotopic (exact) mass is 425 g/mol. The Kier molecular flexibility index (Phi) is 6.17. The van der Waals surface area contributed by atoms with E-state index in [0.717, 1.165) is 28.8 Å². The lowest BCUT2D eigenvalue weighted by Gasteiger charge is -2.10. The molecule has 0 spiro atoms. The molecule has 2 heterocycles. The molecule has 3 N–H and O–H groups in total. The van der Waals surface area contributed by atoms with Crippen molar-refractivity contribution in [1.82, 2.24) is 20.0 Å². The number of nitrogens with one attached hydrogen (secondary N) is 3. The molecule has 0 radical (unpaired) electrons. The maximum absolute atomic E-state index is 11.4. The van der Waals surface area contributed by atoms with Crippen LogP contribution >= 0.6 is 0 Å². The number of allylic oxidation sites excluding steroid dienone is 3. The fraction of sp³-hybridized carbons (Fsp3) is 0.150. The molecule has 2 aromatic heterocycles. The number of anilines is 3. The van der Waals surface area contributed by atoms with E-state index in [0.29, 0.717) is 17.3 Å². The average Bonchev–Trinajstić information content (AvgIpc) is 3.35. The van der Waals surface area contributed by atoms with Gasteiger partial charge in [-0.25, -0.2) is 18.1 Å². The normalized spacial score (nSPS) is 12.6. The van der Waals surface area contributed by atoms with Crippen molar-refractivity contribution in [2.24, 2.45) is 4.99 Å². The van der Waals surface area contributed by atoms with E-state index in [-0.39, 0.29) is 0 Å². The van der Waals surface area contributed by atoms with Crippen LogP contribution in [0.2, 0.25) is 0 Å². The van der Waals surface area contributed by atoms with E-state index in [1.807, 2.05) is 38.1 Å². The second kappa shape index (κ2) is 8.78. The highest BCUT2D eigenvalue weighted by Crippen LogP contribution is 2.24. The zero-order chi connectivity index (χ0) is 21.7. The van der Waals surface area contributed by atoms with Crippen molar-refractivity contribution in [2.45, 2.75) is 13.8 Å². The Morgan fingerprint density at radius 1 is 1.30 bits per heavy atom. The fourth-order valence-electron chi connectivity index (χ4n) is 2.70. The Morgan fingerprint density at radius 3 is 2.73 bits per heavy atom. The van der Waals surface area contributed by atoms with E-state index in [9.17, 15) is 8.42 Å². The SMILES string of the molecule is C=N/C(=C\C=C(/C)c1cc(Nc2ccc(NS(C)(=O)=O)cc2C)n[nH]1)n1cccn1. The lowest BCUT2D eigenvalue weighted by atomic mass is 10.1. The molecule has 0 atom stereocenters. The largest absolute Gasteiger partial charge is 0.339 e. The third-order valence-corrected chi connectivity index (χ3v) is 4.79. The van der Waals surface area contributed by atoms with Crippen LogP contribution in [0, 0.1) is 6.92 Å². The minimum absolute atomic E-state index is 0.512. The van der Waals surface area contributed by atoms with Gasteiger partial charge < -0.3 is 5.32 Å². The Morgan fingerprint density at radius 2 is 2.10 bits per heavy atom. The molecule has 9 nitrogen and oxygen atoms in total. The number of aryl methyl sites for hydroxylation is 1. The molecule has 0 bridgehead atoms. The van der Waals surface area contributed by atoms with Gasteiger partial charge in [0.05, 0.1) is 11.9 Å². The molecule has 0 amide bonds. The van der Waals surface area contributed by atoms with E-state index in [1.165, 1.54) is 0 Å². The molecule has 3 aromatic rings. The molecule has 0 saturated heterocycles. The van der Waals surface area contributed by atoms with Crippen molar-refractivity contribution in [3.63, 3.8) is 0 Å². The molecule has 0 aliphatic carbocycles. The van der Waals surface area contributed by atoms with Crippen molar-refractivity contribution in [2.75, 3.05) is 16.3 Å². The highest BCUT2D eigenvalue weighted by Gasteiger charge is 2.07. The number of aromatic amines is 1. The van der Waals surface area contributed by atoms with Gasteiger partial charge in [0.2, 0.25) is 10.0 Å². The van der Waals surface area contributed by atoms with E-state index in [4.69, 9.17) is 0 Å². The first-order valence-electron chi connectivity index (χ1n) is 9.02. The molecule has 0 unspecified atom stereocenters. The number of nitrogens with zero attached hydrogens (tertiary/aromatic N) is 4. The second-order valence-electron chi connectivity index (χ2n) is 6.68. The average molecular weight is 426 g/mol. The summed E-state index contributed by atoms with van der Waals surface area (Å²) in [4.78, 5) is 3.98. The maximum Gasteiger partial charge on any atom is 0.229 e. The van der Waals surface area contributed by atoms with E-state index in [2.05, 4.69) is 37.0 Å². The number of sulfonamides is 1. The first kappa shape index (κ1) is 21.1. The molecule has 3 rings (SSSR count). The zero-order valence-corrected chi connectivity index (χ0v) is 17.7. The molecule has 30 heavy (non-hydrogen) atoms. The molecule has 156 valence electrons. The first-order valence-corrected chi connectivity index (χ1v) is 10.9. The van der Waals surface area contributed by atoms with Gasteiger partial charge in [-0.2, -0.15) is 10.2 Å². The molecular weight excluding hydrogens is 402 g/mol. The summed E-state index contributed by atoms with van der Waals surface area (Å²) in [5.41, 5.74) is 4.01. The number of benzene rings is 1.